The first-order valence-electron chi connectivity index (χ1n) is 9.21. The summed E-state index contributed by atoms with van der Waals surface area (Å²) in [7, 11) is 0. The van der Waals surface area contributed by atoms with Crippen LogP contribution in [0, 0.1) is 12.3 Å². The van der Waals surface area contributed by atoms with E-state index in [1.54, 1.807) is 0 Å². The van der Waals surface area contributed by atoms with Crippen LogP contribution in [0.15, 0.2) is 35.4 Å². The quantitative estimate of drug-likeness (QED) is 0.263. The average molecular weight is 452 g/mol. The maximum Gasteiger partial charge on any atom is 0.416 e. The summed E-state index contributed by atoms with van der Waals surface area (Å²) >= 11 is 0. The molecule has 3 atom stereocenters. The number of alkyl halides is 4. The predicted molar refractivity (Wildman–Crippen MR) is 104 cm³/mol. The Kier molecular flexibility index (Phi) is 5.37. The van der Waals surface area contributed by atoms with Gasteiger partial charge in [-0.05, 0) is 17.7 Å². The summed E-state index contributed by atoms with van der Waals surface area (Å²) in [6.45, 7) is -0.254. The van der Waals surface area contributed by atoms with Gasteiger partial charge in [-0.25, -0.2) is 14.8 Å². The number of hydrogen-bond acceptors (Lipinski definition) is 7. The van der Waals surface area contributed by atoms with Crippen molar-refractivity contribution in [1.82, 2.24) is 24.9 Å². The van der Waals surface area contributed by atoms with Gasteiger partial charge >= 0.3 is 6.18 Å². The largest absolute Gasteiger partial charge is 0.416 e. The Morgan fingerprint density at radius 2 is 2.09 bits per heavy atom. The van der Waals surface area contributed by atoms with E-state index in [2.05, 4.69) is 25.8 Å². The second-order valence-corrected chi connectivity index (χ2v) is 7.03. The van der Waals surface area contributed by atoms with Gasteiger partial charge in [-0.2, -0.15) is 18.2 Å². The molecule has 13 heteroatoms. The summed E-state index contributed by atoms with van der Waals surface area (Å²) in [5.74, 6) is 1.82. The molecule has 0 unspecified atom stereocenters. The zero-order valence-electron chi connectivity index (χ0n) is 16.2. The van der Waals surface area contributed by atoms with E-state index in [-0.39, 0.29) is 30.3 Å². The number of hydrazine groups is 1. The molecule has 0 radical (unpaired) electrons. The number of ether oxygens (including phenoxy) is 1. The van der Waals surface area contributed by atoms with Gasteiger partial charge in [0.2, 0.25) is 11.6 Å². The molecule has 0 amide bonds. The van der Waals surface area contributed by atoms with Crippen molar-refractivity contribution in [3.05, 3.63) is 52.1 Å². The minimum Gasteiger partial charge on any atom is -0.386 e. The van der Waals surface area contributed by atoms with Gasteiger partial charge in [-0.1, -0.05) is 18.1 Å². The standard InChI is InChI=1S/C19H16F4N6O3/c1-2-18(20)12(30)8-32-16(18)29-9-24-13-14(29)26-17(27-15(13)31)28-25-7-10-3-5-11(6-4-10)19(21,22)23/h1,3-6,9,12,16,25,30H,7-8H2,(H2,26,27,28,31)/t12-,16-,18-/m1/s1. The number of rotatable bonds is 5. The molecule has 2 aromatic heterocycles. The Labute approximate surface area is 177 Å². The molecule has 1 aromatic carbocycles. The normalized spacial score (nSPS) is 23.4. The number of aromatic nitrogens is 4. The number of H-pyrrole nitrogens is 1. The van der Waals surface area contributed by atoms with Crippen LogP contribution in [0.2, 0.25) is 0 Å². The number of imidazole rings is 1. The Balaban J connectivity index is 1.53. The van der Waals surface area contributed by atoms with E-state index in [4.69, 9.17) is 11.2 Å². The monoisotopic (exact) mass is 452 g/mol. The molecular weight excluding hydrogens is 436 g/mol. The van der Waals surface area contributed by atoms with Crippen molar-refractivity contribution in [2.45, 2.75) is 30.7 Å². The van der Waals surface area contributed by atoms with Crippen molar-refractivity contribution >= 4 is 17.1 Å². The van der Waals surface area contributed by atoms with Crippen LogP contribution in [0.3, 0.4) is 0 Å². The number of nitrogens with zero attached hydrogens (tertiary/aromatic N) is 3. The van der Waals surface area contributed by atoms with Crippen LogP contribution in [0.4, 0.5) is 23.5 Å². The fourth-order valence-corrected chi connectivity index (χ4v) is 3.24. The van der Waals surface area contributed by atoms with Gasteiger partial charge < -0.3 is 9.84 Å². The molecule has 0 spiro atoms. The molecule has 0 bridgehead atoms. The maximum atomic E-state index is 15.0. The van der Waals surface area contributed by atoms with E-state index in [9.17, 15) is 23.1 Å². The number of fused-ring (bicyclic) bond motifs is 1. The minimum absolute atomic E-state index is 0.0519. The van der Waals surface area contributed by atoms with Crippen molar-refractivity contribution in [1.29, 1.82) is 0 Å². The van der Waals surface area contributed by atoms with Gasteiger partial charge in [0.25, 0.3) is 5.56 Å². The molecule has 9 nitrogen and oxygen atoms in total. The number of aromatic amines is 1. The number of anilines is 1. The molecule has 3 heterocycles. The van der Waals surface area contributed by atoms with Gasteiger partial charge in [0.15, 0.2) is 17.4 Å². The fourth-order valence-electron chi connectivity index (χ4n) is 3.24. The van der Waals surface area contributed by atoms with E-state index in [1.165, 1.54) is 12.1 Å². The second kappa shape index (κ2) is 7.90. The van der Waals surface area contributed by atoms with Crippen molar-refractivity contribution in [2.75, 3.05) is 12.0 Å². The van der Waals surface area contributed by atoms with Crippen LogP contribution in [-0.2, 0) is 17.5 Å². The van der Waals surface area contributed by atoms with Crippen LogP contribution < -0.4 is 16.4 Å². The summed E-state index contributed by atoms with van der Waals surface area (Å²) in [5.41, 5.74) is 1.74. The van der Waals surface area contributed by atoms with Crippen molar-refractivity contribution in [3.63, 3.8) is 0 Å². The Hall–Kier alpha value is -3.47. The smallest absolute Gasteiger partial charge is 0.386 e. The number of terminal acetylenes is 1. The Bertz CT molecular complexity index is 1230. The highest BCUT2D eigenvalue weighted by Crippen LogP contribution is 2.38. The van der Waals surface area contributed by atoms with E-state index in [1.807, 2.05) is 5.92 Å². The molecule has 4 rings (SSSR count). The topological polar surface area (TPSA) is 117 Å². The van der Waals surface area contributed by atoms with Crippen LogP contribution in [0.1, 0.15) is 17.4 Å². The summed E-state index contributed by atoms with van der Waals surface area (Å²) in [6, 6.07) is 4.50. The lowest BCUT2D eigenvalue weighted by molar-refractivity contribution is -0.137. The highest BCUT2D eigenvalue weighted by Gasteiger charge is 2.53. The van der Waals surface area contributed by atoms with Crippen molar-refractivity contribution in [3.8, 4) is 12.3 Å². The van der Waals surface area contributed by atoms with Gasteiger partial charge in [-0.3, -0.25) is 19.8 Å². The lowest BCUT2D eigenvalue weighted by atomic mass is 10.0. The fraction of sp³-hybridized carbons (Fsp3) is 0.316. The number of hydrogen-bond donors (Lipinski definition) is 4. The first-order valence-corrected chi connectivity index (χ1v) is 9.21. The minimum atomic E-state index is -4.43. The summed E-state index contributed by atoms with van der Waals surface area (Å²) in [5, 5.41) is 9.84. The molecule has 1 saturated heterocycles. The summed E-state index contributed by atoms with van der Waals surface area (Å²) < 4.78 is 59.3. The SMILES string of the molecule is C#C[C@@]1(F)[C@H](O)CO[C@H]1n1cnc2c(=O)[nH]c(NNCc3ccc(C(F)(F)F)cc3)nc21. The summed E-state index contributed by atoms with van der Waals surface area (Å²) in [6.07, 6.45) is -1.08. The number of benzene rings is 1. The maximum absolute atomic E-state index is 15.0. The molecule has 4 N–H and O–H groups in total. The van der Waals surface area contributed by atoms with Gasteiger partial charge in [0.05, 0.1) is 18.5 Å². The first kappa shape index (κ1) is 21.8. The van der Waals surface area contributed by atoms with E-state index >= 15 is 4.39 Å². The molecule has 1 aliphatic rings. The van der Waals surface area contributed by atoms with E-state index in [0.717, 1.165) is 23.0 Å². The predicted octanol–water partition coefficient (Wildman–Crippen LogP) is 1.49. The zero-order chi connectivity index (χ0) is 23.1. The van der Waals surface area contributed by atoms with Crippen LogP contribution in [0.25, 0.3) is 11.2 Å². The lowest BCUT2D eigenvalue weighted by Crippen LogP contribution is -2.39. The number of halogens is 4. The molecule has 1 aliphatic heterocycles. The molecule has 1 fully saturated rings. The van der Waals surface area contributed by atoms with Gasteiger partial charge in [0, 0.05) is 6.54 Å². The van der Waals surface area contributed by atoms with Crippen LogP contribution in [0.5, 0.6) is 0 Å². The summed E-state index contributed by atoms with van der Waals surface area (Å²) in [4.78, 5) is 22.8. The van der Waals surface area contributed by atoms with E-state index < -0.39 is 35.3 Å². The van der Waals surface area contributed by atoms with Gasteiger partial charge in [-0.15, -0.1) is 6.42 Å². The molecular formula is C19H16F4N6O3. The Morgan fingerprint density at radius 3 is 2.75 bits per heavy atom. The first-order chi connectivity index (χ1) is 15.1. The molecule has 32 heavy (non-hydrogen) atoms. The van der Waals surface area contributed by atoms with Crippen LogP contribution in [-0.4, -0.2) is 43.0 Å². The van der Waals surface area contributed by atoms with E-state index in [0.29, 0.717) is 5.56 Å². The third-order valence-electron chi connectivity index (χ3n) is 4.94. The van der Waals surface area contributed by atoms with Crippen molar-refractivity contribution < 1.29 is 27.4 Å². The third-order valence-corrected chi connectivity index (χ3v) is 4.94. The highest BCUT2D eigenvalue weighted by molar-refractivity contribution is 5.71. The number of nitrogens with one attached hydrogen (secondary N) is 3. The molecule has 0 saturated carbocycles. The van der Waals surface area contributed by atoms with Crippen LogP contribution >= 0.6 is 0 Å². The second-order valence-electron chi connectivity index (χ2n) is 7.03. The Morgan fingerprint density at radius 1 is 1.38 bits per heavy atom. The molecule has 3 aromatic rings. The molecule has 168 valence electrons. The molecule has 0 aliphatic carbocycles. The lowest BCUT2D eigenvalue weighted by Gasteiger charge is -2.23. The number of aliphatic hydroxyl groups excluding tert-OH is 1. The average Bonchev–Trinajstić information content (AvgIpc) is 3.29. The van der Waals surface area contributed by atoms with Crippen molar-refractivity contribution in [2.24, 2.45) is 0 Å². The number of aliphatic hydroxyl groups is 1. The highest BCUT2D eigenvalue weighted by atomic mass is 19.4. The van der Waals surface area contributed by atoms with Gasteiger partial charge in [0.1, 0.15) is 6.10 Å². The third kappa shape index (κ3) is 3.79. The zero-order valence-corrected chi connectivity index (χ0v) is 16.2.